The number of ketones is 1. The molecule has 3 aliphatic carbocycles. The Bertz CT molecular complexity index is 578. The van der Waals surface area contributed by atoms with Crippen molar-refractivity contribution in [3.05, 3.63) is 11.6 Å². The molecule has 0 aromatic carbocycles. The summed E-state index contributed by atoms with van der Waals surface area (Å²) in [6.45, 7) is 8.49. The van der Waals surface area contributed by atoms with Gasteiger partial charge in [0.05, 0.1) is 0 Å². The molecular weight excluding hydrogens is 312 g/mol. The Labute approximate surface area is 152 Å². The molecule has 25 heavy (non-hydrogen) atoms. The van der Waals surface area contributed by atoms with Gasteiger partial charge in [0.15, 0.2) is 0 Å². The van der Waals surface area contributed by atoms with Crippen molar-refractivity contribution < 1.29 is 14.3 Å². The van der Waals surface area contributed by atoms with E-state index >= 15 is 0 Å². The number of esters is 1. The van der Waals surface area contributed by atoms with Crippen LogP contribution in [0, 0.1) is 22.7 Å². The van der Waals surface area contributed by atoms with Gasteiger partial charge in [0, 0.05) is 25.2 Å². The molecule has 140 valence electrons. The molecule has 0 amide bonds. The van der Waals surface area contributed by atoms with Gasteiger partial charge >= 0.3 is 5.97 Å². The summed E-state index contributed by atoms with van der Waals surface area (Å²) in [6, 6.07) is 0. The molecule has 5 unspecified atom stereocenters. The van der Waals surface area contributed by atoms with Gasteiger partial charge in [-0.15, -0.1) is 0 Å². The van der Waals surface area contributed by atoms with Crippen molar-refractivity contribution in [1.29, 1.82) is 0 Å². The molecule has 0 bridgehead atoms. The van der Waals surface area contributed by atoms with E-state index in [1.807, 2.05) is 0 Å². The fourth-order valence-electron chi connectivity index (χ4n) is 5.82. The number of hydrogen-bond acceptors (Lipinski definition) is 3. The van der Waals surface area contributed by atoms with Gasteiger partial charge in [-0.25, -0.2) is 0 Å². The average Bonchev–Trinajstić information content (AvgIpc) is 2.86. The third-order valence-corrected chi connectivity index (χ3v) is 7.55. The second-order valence-corrected chi connectivity index (χ2v) is 9.32. The van der Waals surface area contributed by atoms with E-state index in [4.69, 9.17) is 4.74 Å². The van der Waals surface area contributed by atoms with E-state index in [1.54, 1.807) is 0 Å². The monoisotopic (exact) mass is 346 g/mol. The molecule has 5 atom stereocenters. The number of carbonyl (C=O) groups excluding carboxylic acids is 2. The molecule has 0 N–H and O–H groups in total. The van der Waals surface area contributed by atoms with E-state index in [0.29, 0.717) is 17.6 Å². The maximum atomic E-state index is 12.3. The summed E-state index contributed by atoms with van der Waals surface area (Å²) in [7, 11) is 0. The van der Waals surface area contributed by atoms with Gasteiger partial charge in [0.1, 0.15) is 11.9 Å². The Hall–Kier alpha value is -1.12. The standard InChI is InChI=1S/C22H34O3/c1-15-7-8-17-14-18(25-16(2)23)9-13-22(17,4)19(15)10-12-21(3)11-5-6-20(21)24/h8,15,18-19H,5-7,9-14H2,1-4H3. The number of allylic oxidation sites excluding steroid dienone is 1. The lowest BCUT2D eigenvalue weighted by Gasteiger charge is -2.50. The van der Waals surface area contributed by atoms with Crippen molar-refractivity contribution in [3.63, 3.8) is 0 Å². The summed E-state index contributed by atoms with van der Waals surface area (Å²) in [5.41, 5.74) is 1.63. The van der Waals surface area contributed by atoms with Crippen LogP contribution < -0.4 is 0 Å². The number of hydrogen-bond donors (Lipinski definition) is 0. The van der Waals surface area contributed by atoms with Crippen LogP contribution in [-0.4, -0.2) is 17.9 Å². The van der Waals surface area contributed by atoms with E-state index in [0.717, 1.165) is 57.8 Å². The quantitative estimate of drug-likeness (QED) is 0.517. The Balaban J connectivity index is 1.71. The minimum absolute atomic E-state index is 0.0554. The van der Waals surface area contributed by atoms with Crippen LogP contribution in [0.3, 0.4) is 0 Å². The summed E-state index contributed by atoms with van der Waals surface area (Å²) in [4.78, 5) is 23.6. The highest BCUT2D eigenvalue weighted by molar-refractivity contribution is 5.86. The highest BCUT2D eigenvalue weighted by Crippen LogP contribution is 2.55. The number of carbonyl (C=O) groups is 2. The SMILES string of the molecule is CC(=O)OC1CCC2(C)C(=CCC(C)C2CCC2(C)CCCC2=O)C1. The molecule has 2 saturated carbocycles. The number of fused-ring (bicyclic) bond motifs is 1. The number of ether oxygens (including phenoxy) is 1. The van der Waals surface area contributed by atoms with Crippen molar-refractivity contribution in [2.75, 3.05) is 0 Å². The molecular formula is C22H34O3. The molecule has 0 aliphatic heterocycles. The van der Waals surface area contributed by atoms with Gasteiger partial charge in [-0.05, 0) is 62.2 Å². The Morgan fingerprint density at radius 3 is 2.72 bits per heavy atom. The molecule has 0 radical (unpaired) electrons. The molecule has 0 spiro atoms. The van der Waals surface area contributed by atoms with Crippen LogP contribution in [0.5, 0.6) is 0 Å². The predicted molar refractivity (Wildman–Crippen MR) is 99.1 cm³/mol. The molecule has 3 nitrogen and oxygen atoms in total. The van der Waals surface area contributed by atoms with Crippen LogP contribution in [0.15, 0.2) is 11.6 Å². The maximum absolute atomic E-state index is 12.3. The second kappa shape index (κ2) is 6.89. The summed E-state index contributed by atoms with van der Waals surface area (Å²) >= 11 is 0. The van der Waals surface area contributed by atoms with Crippen LogP contribution in [0.1, 0.15) is 85.5 Å². The summed E-state index contributed by atoms with van der Waals surface area (Å²) in [6.07, 6.45) is 11.7. The fourth-order valence-corrected chi connectivity index (χ4v) is 5.82. The number of Topliss-reactive ketones (excluding diaryl/α,β-unsaturated/α-hetero) is 1. The van der Waals surface area contributed by atoms with Gasteiger partial charge in [-0.2, -0.15) is 0 Å². The topological polar surface area (TPSA) is 43.4 Å². The largest absolute Gasteiger partial charge is 0.462 e. The van der Waals surface area contributed by atoms with E-state index in [9.17, 15) is 9.59 Å². The first-order chi connectivity index (χ1) is 11.7. The molecule has 0 heterocycles. The Morgan fingerprint density at radius 1 is 1.32 bits per heavy atom. The third kappa shape index (κ3) is 3.57. The Morgan fingerprint density at radius 2 is 2.08 bits per heavy atom. The molecule has 0 aromatic rings. The van der Waals surface area contributed by atoms with Crippen molar-refractivity contribution in [3.8, 4) is 0 Å². The zero-order chi connectivity index (χ0) is 18.2. The highest BCUT2D eigenvalue weighted by atomic mass is 16.5. The fraction of sp³-hybridized carbons (Fsp3) is 0.818. The first-order valence-corrected chi connectivity index (χ1v) is 10.1. The first kappa shape index (κ1) is 18.7. The van der Waals surface area contributed by atoms with Crippen LogP contribution in [0.2, 0.25) is 0 Å². The normalized spacial score (nSPS) is 41.2. The molecule has 3 aliphatic rings. The van der Waals surface area contributed by atoms with E-state index in [2.05, 4.69) is 26.8 Å². The van der Waals surface area contributed by atoms with Crippen molar-refractivity contribution in [2.24, 2.45) is 22.7 Å². The maximum Gasteiger partial charge on any atom is 0.302 e. The second-order valence-electron chi connectivity index (χ2n) is 9.32. The van der Waals surface area contributed by atoms with Crippen LogP contribution in [-0.2, 0) is 14.3 Å². The van der Waals surface area contributed by atoms with Crippen LogP contribution in [0.4, 0.5) is 0 Å². The van der Waals surface area contributed by atoms with Gasteiger partial charge in [0.25, 0.3) is 0 Å². The van der Waals surface area contributed by atoms with Crippen LogP contribution in [0.25, 0.3) is 0 Å². The minimum Gasteiger partial charge on any atom is -0.462 e. The van der Waals surface area contributed by atoms with Gasteiger partial charge < -0.3 is 4.74 Å². The van der Waals surface area contributed by atoms with Crippen LogP contribution >= 0.6 is 0 Å². The first-order valence-electron chi connectivity index (χ1n) is 10.1. The number of rotatable bonds is 4. The van der Waals surface area contributed by atoms with Gasteiger partial charge in [0.2, 0.25) is 0 Å². The lowest BCUT2D eigenvalue weighted by molar-refractivity contribution is -0.148. The van der Waals surface area contributed by atoms with Crippen molar-refractivity contribution in [1.82, 2.24) is 0 Å². The zero-order valence-electron chi connectivity index (χ0n) is 16.4. The Kier molecular flexibility index (Phi) is 5.14. The zero-order valence-corrected chi connectivity index (χ0v) is 16.4. The van der Waals surface area contributed by atoms with E-state index < -0.39 is 0 Å². The molecule has 3 rings (SSSR count). The van der Waals surface area contributed by atoms with E-state index in [-0.39, 0.29) is 22.9 Å². The molecule has 2 fully saturated rings. The average molecular weight is 347 g/mol. The van der Waals surface area contributed by atoms with Gasteiger partial charge in [-0.1, -0.05) is 32.4 Å². The smallest absolute Gasteiger partial charge is 0.302 e. The predicted octanol–water partition coefficient (Wildman–Crippen LogP) is 5.23. The van der Waals surface area contributed by atoms with Crippen molar-refractivity contribution in [2.45, 2.75) is 91.6 Å². The van der Waals surface area contributed by atoms with Gasteiger partial charge in [-0.3, -0.25) is 9.59 Å². The highest BCUT2D eigenvalue weighted by Gasteiger charge is 2.47. The summed E-state index contributed by atoms with van der Waals surface area (Å²) in [5.74, 6) is 1.62. The van der Waals surface area contributed by atoms with E-state index in [1.165, 1.54) is 12.5 Å². The van der Waals surface area contributed by atoms with Crippen molar-refractivity contribution >= 4 is 11.8 Å². The molecule has 0 saturated heterocycles. The third-order valence-electron chi connectivity index (χ3n) is 7.55. The molecule has 3 heteroatoms. The lowest BCUT2D eigenvalue weighted by Crippen LogP contribution is -2.42. The summed E-state index contributed by atoms with van der Waals surface area (Å²) < 4.78 is 5.49. The molecule has 0 aromatic heterocycles. The minimum atomic E-state index is -0.164. The summed E-state index contributed by atoms with van der Waals surface area (Å²) in [5, 5.41) is 0. The lowest BCUT2D eigenvalue weighted by atomic mass is 9.55.